The highest BCUT2D eigenvalue weighted by Crippen LogP contribution is 2.31. The first-order valence-corrected chi connectivity index (χ1v) is 12.8. The summed E-state index contributed by atoms with van der Waals surface area (Å²) >= 11 is 1.66. The van der Waals surface area contributed by atoms with Crippen molar-refractivity contribution >= 4 is 33.2 Å². The van der Waals surface area contributed by atoms with Crippen molar-refractivity contribution in [2.45, 2.75) is 34.3 Å². The van der Waals surface area contributed by atoms with Crippen LogP contribution in [0.3, 0.4) is 0 Å². The molecular formula is C26H23NO4S2. The minimum Gasteiger partial charge on any atom is -0.459 e. The number of anilines is 1. The molecule has 4 rings (SSSR count). The van der Waals surface area contributed by atoms with E-state index in [0.717, 1.165) is 4.90 Å². The van der Waals surface area contributed by atoms with Gasteiger partial charge in [-0.15, -0.1) is 0 Å². The number of carbonyl (C=O) groups excluding carboxylic acids is 1. The van der Waals surface area contributed by atoms with Gasteiger partial charge in [0.05, 0.1) is 16.9 Å². The summed E-state index contributed by atoms with van der Waals surface area (Å²) in [6.07, 6.45) is 1.33. The molecule has 1 amide bonds. The molecule has 7 heteroatoms. The zero-order valence-electron chi connectivity index (χ0n) is 18.2. The van der Waals surface area contributed by atoms with Gasteiger partial charge in [0.25, 0.3) is 5.91 Å². The Hall–Kier alpha value is -3.29. The summed E-state index contributed by atoms with van der Waals surface area (Å²) in [6, 6.07) is 23.5. The van der Waals surface area contributed by atoms with Crippen LogP contribution in [0.2, 0.25) is 0 Å². The lowest BCUT2D eigenvalue weighted by molar-refractivity contribution is 0.0996. The van der Waals surface area contributed by atoms with Gasteiger partial charge in [-0.05, 0) is 73.5 Å². The molecule has 1 aromatic heterocycles. The number of rotatable bonds is 7. The molecule has 0 fully saturated rings. The number of aryl methyl sites for hydroxylation is 2. The predicted octanol–water partition coefficient (Wildman–Crippen LogP) is 6.27. The van der Waals surface area contributed by atoms with E-state index < -0.39 is 15.7 Å². The Morgan fingerprint density at radius 2 is 1.67 bits per heavy atom. The number of hydrogen-bond acceptors (Lipinski definition) is 5. The molecule has 0 saturated carbocycles. The third kappa shape index (κ3) is 5.56. The minimum atomic E-state index is -3.60. The Labute approximate surface area is 197 Å². The maximum atomic E-state index is 12.8. The molecule has 4 aromatic rings. The lowest BCUT2D eigenvalue weighted by atomic mass is 10.2. The molecular weight excluding hydrogens is 454 g/mol. The van der Waals surface area contributed by atoms with Gasteiger partial charge in [-0.1, -0.05) is 42.1 Å². The van der Waals surface area contributed by atoms with Gasteiger partial charge in [-0.2, -0.15) is 0 Å². The van der Waals surface area contributed by atoms with Crippen LogP contribution in [0.15, 0.2) is 104 Å². The highest BCUT2D eigenvalue weighted by molar-refractivity contribution is 7.99. The van der Waals surface area contributed by atoms with Gasteiger partial charge >= 0.3 is 0 Å². The second kappa shape index (κ2) is 9.68. The van der Waals surface area contributed by atoms with E-state index in [2.05, 4.69) is 37.4 Å². The highest BCUT2D eigenvalue weighted by atomic mass is 32.2. The van der Waals surface area contributed by atoms with Crippen LogP contribution >= 0.6 is 11.8 Å². The molecule has 33 heavy (non-hydrogen) atoms. The highest BCUT2D eigenvalue weighted by Gasteiger charge is 2.22. The van der Waals surface area contributed by atoms with E-state index in [1.807, 2.05) is 24.3 Å². The first-order valence-electron chi connectivity index (χ1n) is 10.3. The molecule has 0 bridgehead atoms. The molecule has 1 heterocycles. The quantitative estimate of drug-likeness (QED) is 0.339. The van der Waals surface area contributed by atoms with E-state index in [0.29, 0.717) is 11.3 Å². The molecule has 3 aromatic carbocycles. The lowest BCUT2D eigenvalue weighted by Crippen LogP contribution is -2.14. The van der Waals surface area contributed by atoms with Crippen molar-refractivity contribution in [3.8, 4) is 0 Å². The summed E-state index contributed by atoms with van der Waals surface area (Å²) in [5.41, 5.74) is 3.33. The molecule has 0 atom stereocenters. The van der Waals surface area contributed by atoms with Gasteiger partial charge < -0.3 is 9.73 Å². The number of furan rings is 1. The first-order chi connectivity index (χ1) is 15.8. The van der Waals surface area contributed by atoms with Crippen LogP contribution in [0.4, 0.5) is 5.69 Å². The van der Waals surface area contributed by atoms with Crippen molar-refractivity contribution in [2.24, 2.45) is 0 Å². The number of hydrogen-bond donors (Lipinski definition) is 1. The first kappa shape index (κ1) is 22.9. The molecule has 0 radical (unpaired) electrons. The van der Waals surface area contributed by atoms with Gasteiger partial charge in [0, 0.05) is 21.0 Å². The molecule has 0 aliphatic heterocycles. The van der Waals surface area contributed by atoms with Gasteiger partial charge in [0.1, 0.15) is 0 Å². The summed E-state index contributed by atoms with van der Waals surface area (Å²) in [6.45, 7) is 4.14. The third-order valence-electron chi connectivity index (χ3n) is 5.08. The van der Waals surface area contributed by atoms with E-state index >= 15 is 0 Å². The summed E-state index contributed by atoms with van der Waals surface area (Å²) < 4.78 is 30.7. The van der Waals surface area contributed by atoms with E-state index in [-0.39, 0.29) is 16.4 Å². The predicted molar refractivity (Wildman–Crippen MR) is 130 cm³/mol. The summed E-state index contributed by atoms with van der Waals surface area (Å²) in [5.74, 6) is -0.821. The molecule has 0 aliphatic rings. The Bertz CT molecular complexity index is 1380. The van der Waals surface area contributed by atoms with E-state index in [1.165, 1.54) is 40.5 Å². The van der Waals surface area contributed by atoms with Gasteiger partial charge in [-0.3, -0.25) is 4.79 Å². The maximum Gasteiger partial charge on any atom is 0.291 e. The minimum absolute atomic E-state index is 0.0108. The largest absolute Gasteiger partial charge is 0.459 e. The average Bonchev–Trinajstić information content (AvgIpc) is 3.26. The molecule has 5 nitrogen and oxygen atoms in total. The molecule has 0 spiro atoms. The normalized spacial score (nSPS) is 11.3. The molecule has 168 valence electrons. The number of nitrogens with one attached hydrogen (secondary N) is 1. The number of amides is 1. The van der Waals surface area contributed by atoms with Crippen LogP contribution in [-0.2, 0) is 15.6 Å². The van der Waals surface area contributed by atoms with Crippen LogP contribution in [0.1, 0.15) is 27.2 Å². The van der Waals surface area contributed by atoms with E-state index in [1.54, 1.807) is 30.0 Å². The van der Waals surface area contributed by atoms with Crippen LogP contribution in [0.5, 0.6) is 0 Å². The molecule has 1 N–H and O–H groups in total. The average molecular weight is 478 g/mol. The van der Waals surface area contributed by atoms with E-state index in [9.17, 15) is 13.2 Å². The fraction of sp³-hybridized carbons (Fsp3) is 0.115. The van der Waals surface area contributed by atoms with Crippen molar-refractivity contribution < 1.29 is 17.6 Å². The fourth-order valence-electron chi connectivity index (χ4n) is 3.30. The maximum absolute atomic E-state index is 12.8. The Morgan fingerprint density at radius 3 is 2.39 bits per heavy atom. The Morgan fingerprint density at radius 1 is 0.939 bits per heavy atom. The Kier molecular flexibility index (Phi) is 6.72. The summed E-state index contributed by atoms with van der Waals surface area (Å²) in [5, 5.41) is 2.79. The number of benzene rings is 3. The summed E-state index contributed by atoms with van der Waals surface area (Å²) in [4.78, 5) is 15.2. The zero-order valence-corrected chi connectivity index (χ0v) is 19.9. The van der Waals surface area contributed by atoms with Crippen molar-refractivity contribution in [2.75, 3.05) is 5.32 Å². The van der Waals surface area contributed by atoms with E-state index in [4.69, 9.17) is 4.42 Å². The zero-order chi connectivity index (χ0) is 23.4. The fourth-order valence-corrected chi connectivity index (χ4v) is 5.68. The van der Waals surface area contributed by atoms with Crippen LogP contribution in [-0.4, -0.2) is 14.3 Å². The van der Waals surface area contributed by atoms with Gasteiger partial charge in [0.15, 0.2) is 15.6 Å². The van der Waals surface area contributed by atoms with Crippen LogP contribution < -0.4 is 5.32 Å². The third-order valence-corrected chi connectivity index (χ3v) is 7.93. The van der Waals surface area contributed by atoms with Crippen LogP contribution in [0, 0.1) is 13.8 Å². The topological polar surface area (TPSA) is 76.4 Å². The molecule has 0 unspecified atom stereocenters. The number of carbonyl (C=O) groups is 1. The molecule has 0 aliphatic carbocycles. The molecule has 0 saturated heterocycles. The monoisotopic (exact) mass is 477 g/mol. The van der Waals surface area contributed by atoms with Crippen LogP contribution in [0.25, 0.3) is 0 Å². The van der Waals surface area contributed by atoms with Crippen molar-refractivity contribution in [3.05, 3.63) is 108 Å². The smallest absolute Gasteiger partial charge is 0.291 e. The van der Waals surface area contributed by atoms with Gasteiger partial charge in [0.2, 0.25) is 0 Å². The SMILES string of the molecule is Cc1ccc(C)c(Sc2ccc(NC(=O)c3occc3CS(=O)(=O)c3ccccc3)cc2)c1. The second-order valence-electron chi connectivity index (χ2n) is 7.70. The lowest BCUT2D eigenvalue weighted by Gasteiger charge is -2.09. The van der Waals surface area contributed by atoms with Crippen molar-refractivity contribution in [1.29, 1.82) is 0 Å². The summed E-state index contributed by atoms with van der Waals surface area (Å²) in [7, 11) is -3.60. The van der Waals surface area contributed by atoms with Gasteiger partial charge in [-0.25, -0.2) is 8.42 Å². The second-order valence-corrected chi connectivity index (χ2v) is 10.8. The number of sulfone groups is 1. The van der Waals surface area contributed by atoms with Crippen molar-refractivity contribution in [3.63, 3.8) is 0 Å². The van der Waals surface area contributed by atoms with Crippen molar-refractivity contribution in [1.82, 2.24) is 0 Å². The standard InChI is InChI=1S/C26H23NO4S2/c1-18-8-9-19(2)24(16-18)32-22-12-10-21(11-13-22)27-26(28)25-20(14-15-31-25)17-33(29,30)23-6-4-3-5-7-23/h3-16H,17H2,1-2H3,(H,27,28). The Balaban J connectivity index is 1.45.